The maximum Gasteiger partial charge on any atom is 0.194 e. The number of carbonyl (C=O) groups is 1. The fourth-order valence-corrected chi connectivity index (χ4v) is 2.60. The van der Waals surface area contributed by atoms with Crippen LogP contribution < -0.4 is 9.47 Å². The van der Waals surface area contributed by atoms with Crippen molar-refractivity contribution in [3.8, 4) is 11.5 Å². The summed E-state index contributed by atoms with van der Waals surface area (Å²) in [6.07, 6.45) is 0. The molecular formula is C16H14BrClO3. The Bertz CT molecular complexity index is 698. The molecule has 110 valence electrons. The van der Waals surface area contributed by atoms with Gasteiger partial charge in [0.25, 0.3) is 0 Å². The number of rotatable bonds is 4. The van der Waals surface area contributed by atoms with Gasteiger partial charge in [-0.1, -0.05) is 23.7 Å². The summed E-state index contributed by atoms with van der Waals surface area (Å²) in [5.41, 5.74) is 1.95. The lowest BCUT2D eigenvalue weighted by atomic mass is 10.0. The molecule has 2 aromatic carbocycles. The van der Waals surface area contributed by atoms with E-state index in [1.165, 1.54) is 7.11 Å². The Morgan fingerprint density at radius 3 is 2.29 bits per heavy atom. The summed E-state index contributed by atoms with van der Waals surface area (Å²) >= 11 is 9.48. The van der Waals surface area contributed by atoms with E-state index < -0.39 is 0 Å². The molecule has 0 saturated heterocycles. The maximum absolute atomic E-state index is 12.6. The van der Waals surface area contributed by atoms with Crippen molar-refractivity contribution in [2.24, 2.45) is 0 Å². The van der Waals surface area contributed by atoms with Crippen LogP contribution in [-0.4, -0.2) is 20.0 Å². The molecule has 2 rings (SSSR count). The Balaban J connectivity index is 2.50. The molecule has 0 aliphatic rings. The number of hydrogen-bond acceptors (Lipinski definition) is 3. The molecular weight excluding hydrogens is 356 g/mol. The minimum atomic E-state index is -0.135. The van der Waals surface area contributed by atoms with E-state index in [9.17, 15) is 4.79 Å². The van der Waals surface area contributed by atoms with Crippen LogP contribution in [0.1, 0.15) is 21.5 Å². The van der Waals surface area contributed by atoms with E-state index in [0.29, 0.717) is 32.1 Å². The number of carbonyl (C=O) groups excluding carboxylic acids is 1. The quantitative estimate of drug-likeness (QED) is 0.735. The number of benzene rings is 2. The second-order valence-electron chi connectivity index (χ2n) is 4.48. The molecule has 0 heterocycles. The molecule has 0 amide bonds. The monoisotopic (exact) mass is 368 g/mol. The summed E-state index contributed by atoms with van der Waals surface area (Å²) in [6, 6.07) is 8.61. The third-order valence-electron chi connectivity index (χ3n) is 3.15. The van der Waals surface area contributed by atoms with E-state index in [1.54, 1.807) is 31.4 Å². The average Bonchev–Trinajstić information content (AvgIpc) is 2.49. The lowest BCUT2D eigenvalue weighted by molar-refractivity contribution is 0.103. The van der Waals surface area contributed by atoms with Gasteiger partial charge in [-0.2, -0.15) is 0 Å². The fourth-order valence-electron chi connectivity index (χ4n) is 1.92. The van der Waals surface area contributed by atoms with Crippen LogP contribution in [0.15, 0.2) is 34.8 Å². The van der Waals surface area contributed by atoms with E-state index in [-0.39, 0.29) is 5.78 Å². The zero-order valence-corrected chi connectivity index (χ0v) is 14.2. The minimum Gasteiger partial charge on any atom is -0.493 e. The van der Waals surface area contributed by atoms with E-state index in [4.69, 9.17) is 21.1 Å². The highest BCUT2D eigenvalue weighted by atomic mass is 79.9. The fraction of sp³-hybridized carbons (Fsp3) is 0.188. The molecule has 3 nitrogen and oxygen atoms in total. The summed E-state index contributed by atoms with van der Waals surface area (Å²) in [6.45, 7) is 1.89. The summed E-state index contributed by atoms with van der Waals surface area (Å²) in [7, 11) is 3.08. The van der Waals surface area contributed by atoms with Gasteiger partial charge < -0.3 is 9.47 Å². The molecule has 0 radical (unpaired) electrons. The van der Waals surface area contributed by atoms with Crippen molar-refractivity contribution in [1.82, 2.24) is 0 Å². The molecule has 0 aliphatic carbocycles. The second kappa shape index (κ2) is 6.50. The van der Waals surface area contributed by atoms with Crippen molar-refractivity contribution in [3.05, 3.63) is 56.5 Å². The van der Waals surface area contributed by atoms with Gasteiger partial charge in [0.15, 0.2) is 17.3 Å². The van der Waals surface area contributed by atoms with Crippen LogP contribution in [-0.2, 0) is 0 Å². The lowest BCUT2D eigenvalue weighted by Gasteiger charge is -2.11. The number of hydrogen-bond donors (Lipinski definition) is 0. The van der Waals surface area contributed by atoms with E-state index in [0.717, 1.165) is 5.56 Å². The molecule has 0 bridgehead atoms. The van der Waals surface area contributed by atoms with Gasteiger partial charge in [-0.25, -0.2) is 0 Å². The van der Waals surface area contributed by atoms with Gasteiger partial charge in [0.05, 0.1) is 14.2 Å². The number of methoxy groups -OCH3 is 2. The van der Waals surface area contributed by atoms with Crippen LogP contribution in [0.5, 0.6) is 11.5 Å². The Labute approximate surface area is 137 Å². The smallest absolute Gasteiger partial charge is 0.194 e. The van der Waals surface area contributed by atoms with Crippen LogP contribution in [0.25, 0.3) is 0 Å². The zero-order valence-electron chi connectivity index (χ0n) is 11.9. The average molecular weight is 370 g/mol. The first kappa shape index (κ1) is 15.9. The van der Waals surface area contributed by atoms with Crippen molar-refractivity contribution < 1.29 is 14.3 Å². The summed E-state index contributed by atoms with van der Waals surface area (Å²) in [5, 5.41) is 0.567. The van der Waals surface area contributed by atoms with Gasteiger partial charge in [0.1, 0.15) is 0 Å². The Hall–Kier alpha value is -1.52. The minimum absolute atomic E-state index is 0.135. The number of aryl methyl sites for hydroxylation is 1. The van der Waals surface area contributed by atoms with E-state index in [1.807, 2.05) is 13.0 Å². The van der Waals surface area contributed by atoms with Crippen LogP contribution >= 0.6 is 27.5 Å². The first-order valence-electron chi connectivity index (χ1n) is 6.20. The molecule has 5 heteroatoms. The van der Waals surface area contributed by atoms with Crippen LogP contribution in [0, 0.1) is 6.92 Å². The molecule has 2 aromatic rings. The highest BCUT2D eigenvalue weighted by molar-refractivity contribution is 9.10. The number of halogens is 2. The Morgan fingerprint density at radius 2 is 1.71 bits per heavy atom. The van der Waals surface area contributed by atoms with Gasteiger partial charge in [0.2, 0.25) is 0 Å². The topological polar surface area (TPSA) is 35.5 Å². The van der Waals surface area contributed by atoms with Crippen molar-refractivity contribution in [2.45, 2.75) is 6.92 Å². The predicted molar refractivity (Wildman–Crippen MR) is 86.9 cm³/mol. The molecule has 0 saturated carbocycles. The van der Waals surface area contributed by atoms with Gasteiger partial charge in [-0.05, 0) is 46.6 Å². The van der Waals surface area contributed by atoms with Crippen molar-refractivity contribution in [2.75, 3.05) is 14.2 Å². The SMILES string of the molecule is COc1cc(Br)c(C(=O)c2ccc(C)c(Cl)c2)cc1OC. The van der Waals surface area contributed by atoms with Gasteiger partial charge >= 0.3 is 0 Å². The highest BCUT2D eigenvalue weighted by Crippen LogP contribution is 2.34. The molecule has 0 aromatic heterocycles. The lowest BCUT2D eigenvalue weighted by Crippen LogP contribution is -2.04. The van der Waals surface area contributed by atoms with Gasteiger partial charge in [0, 0.05) is 20.6 Å². The Kier molecular flexibility index (Phi) is 4.91. The van der Waals surface area contributed by atoms with E-state index >= 15 is 0 Å². The molecule has 0 spiro atoms. The molecule has 21 heavy (non-hydrogen) atoms. The number of ketones is 1. The van der Waals surface area contributed by atoms with Crippen LogP contribution in [0.4, 0.5) is 0 Å². The van der Waals surface area contributed by atoms with Gasteiger partial charge in [-0.15, -0.1) is 0 Å². The molecule has 0 unspecified atom stereocenters. The highest BCUT2D eigenvalue weighted by Gasteiger charge is 2.17. The second-order valence-corrected chi connectivity index (χ2v) is 5.74. The third kappa shape index (κ3) is 3.22. The Morgan fingerprint density at radius 1 is 1.10 bits per heavy atom. The zero-order chi connectivity index (χ0) is 15.6. The first-order valence-corrected chi connectivity index (χ1v) is 7.37. The maximum atomic E-state index is 12.6. The third-order valence-corrected chi connectivity index (χ3v) is 4.22. The summed E-state index contributed by atoms with van der Waals surface area (Å²) < 4.78 is 11.1. The van der Waals surface area contributed by atoms with E-state index in [2.05, 4.69) is 15.9 Å². The van der Waals surface area contributed by atoms with Gasteiger partial charge in [-0.3, -0.25) is 4.79 Å². The first-order chi connectivity index (χ1) is 9.97. The van der Waals surface area contributed by atoms with Crippen LogP contribution in [0.2, 0.25) is 5.02 Å². The number of ether oxygens (including phenoxy) is 2. The van der Waals surface area contributed by atoms with Crippen molar-refractivity contribution >= 4 is 33.3 Å². The van der Waals surface area contributed by atoms with Crippen molar-refractivity contribution in [3.63, 3.8) is 0 Å². The predicted octanol–water partition coefficient (Wildman–Crippen LogP) is 4.66. The molecule has 0 fully saturated rings. The molecule has 0 aliphatic heterocycles. The summed E-state index contributed by atoms with van der Waals surface area (Å²) in [4.78, 5) is 12.6. The molecule has 0 N–H and O–H groups in total. The largest absolute Gasteiger partial charge is 0.493 e. The standard InChI is InChI=1S/C16H14BrClO3/c1-9-4-5-10(6-13(9)18)16(19)11-7-14(20-2)15(21-3)8-12(11)17/h4-8H,1-3H3. The van der Waals surface area contributed by atoms with Crippen LogP contribution in [0.3, 0.4) is 0 Å². The normalized spacial score (nSPS) is 10.3. The summed E-state index contributed by atoms with van der Waals surface area (Å²) in [5.74, 6) is 0.926. The van der Waals surface area contributed by atoms with Crippen molar-refractivity contribution in [1.29, 1.82) is 0 Å². The molecule has 0 atom stereocenters.